The summed E-state index contributed by atoms with van der Waals surface area (Å²) in [5.41, 5.74) is 0.892. The van der Waals surface area contributed by atoms with Crippen molar-refractivity contribution in [3.8, 4) is 0 Å². The normalized spacial score (nSPS) is 18.4. The van der Waals surface area contributed by atoms with Gasteiger partial charge in [0.1, 0.15) is 11.6 Å². The van der Waals surface area contributed by atoms with E-state index in [9.17, 15) is 4.79 Å². The molecule has 6 nitrogen and oxygen atoms in total. The van der Waals surface area contributed by atoms with Gasteiger partial charge < -0.3 is 4.90 Å². The Morgan fingerprint density at radius 1 is 1.38 bits per heavy atom. The summed E-state index contributed by atoms with van der Waals surface area (Å²) in [6.45, 7) is 9.67. The summed E-state index contributed by atoms with van der Waals surface area (Å²) in [6.07, 6.45) is 2.44. The number of amides is 1. The highest BCUT2D eigenvalue weighted by molar-refractivity contribution is 7.09. The van der Waals surface area contributed by atoms with Crippen molar-refractivity contribution >= 4 is 17.2 Å². The molecule has 0 radical (unpaired) electrons. The summed E-state index contributed by atoms with van der Waals surface area (Å²) >= 11 is 1.64. The highest BCUT2D eigenvalue weighted by Gasteiger charge is 2.27. The van der Waals surface area contributed by atoms with Gasteiger partial charge in [-0.3, -0.25) is 4.79 Å². The zero-order chi connectivity index (χ0) is 17.3. The first-order valence-corrected chi connectivity index (χ1v) is 9.44. The molecular formula is C17H25N5OS. The van der Waals surface area contributed by atoms with Crippen LogP contribution in [0.5, 0.6) is 0 Å². The molecular weight excluding hydrogens is 322 g/mol. The predicted molar refractivity (Wildman–Crippen MR) is 94.3 cm³/mol. The number of aromatic nitrogens is 4. The minimum Gasteiger partial charge on any atom is -0.340 e. The average Bonchev–Trinajstić information content (AvgIpc) is 3.14. The lowest BCUT2D eigenvalue weighted by Gasteiger charge is -2.33. The second kappa shape index (κ2) is 7.01. The van der Waals surface area contributed by atoms with Crippen LogP contribution in [0.4, 0.5) is 0 Å². The molecule has 0 unspecified atom stereocenters. The second-order valence-corrected chi connectivity index (χ2v) is 7.68. The molecule has 1 atom stereocenters. The van der Waals surface area contributed by atoms with Gasteiger partial charge in [-0.25, -0.2) is 14.6 Å². The molecule has 1 fully saturated rings. The van der Waals surface area contributed by atoms with Crippen molar-refractivity contribution in [3.63, 3.8) is 0 Å². The molecule has 0 N–H and O–H groups in total. The second-order valence-electron chi connectivity index (χ2n) is 6.80. The number of rotatable bonds is 4. The SMILES string of the molecule is Cc1nc(C)n([C@@H]2CCCN(C(=O)Cc3csc(C(C)C)n3)C2)n1. The fourth-order valence-corrected chi connectivity index (χ4v) is 4.03. The van der Waals surface area contributed by atoms with Crippen LogP contribution >= 0.6 is 11.3 Å². The van der Waals surface area contributed by atoms with Crippen LogP contribution in [0.2, 0.25) is 0 Å². The number of aryl methyl sites for hydroxylation is 2. The highest BCUT2D eigenvalue weighted by atomic mass is 32.1. The largest absolute Gasteiger partial charge is 0.340 e. The molecule has 1 aliphatic heterocycles. The molecule has 1 saturated heterocycles. The number of carbonyl (C=O) groups is 1. The fourth-order valence-electron chi connectivity index (χ4n) is 3.20. The van der Waals surface area contributed by atoms with Gasteiger partial charge in [0.25, 0.3) is 0 Å². The van der Waals surface area contributed by atoms with Crippen LogP contribution < -0.4 is 0 Å². The molecule has 0 bridgehead atoms. The molecule has 3 heterocycles. The number of likely N-dealkylation sites (tertiary alicyclic amines) is 1. The van der Waals surface area contributed by atoms with Crippen LogP contribution in [0.25, 0.3) is 0 Å². The molecule has 1 amide bonds. The molecule has 2 aromatic heterocycles. The van der Waals surface area contributed by atoms with Crippen molar-refractivity contribution in [2.45, 2.75) is 58.9 Å². The molecule has 0 aromatic carbocycles. The van der Waals surface area contributed by atoms with Gasteiger partial charge in [0.05, 0.1) is 23.2 Å². The standard InChI is InChI=1S/C17H25N5OS/c1-11(2)17-19-14(10-24-17)8-16(23)21-7-5-6-15(9-21)22-13(4)18-12(3)20-22/h10-11,15H,5-9H2,1-4H3/t15-/m1/s1. The van der Waals surface area contributed by atoms with Crippen LogP contribution in [0.3, 0.4) is 0 Å². The number of thiazole rings is 1. The number of nitrogens with zero attached hydrogens (tertiary/aromatic N) is 5. The summed E-state index contributed by atoms with van der Waals surface area (Å²) in [6, 6.07) is 0.227. The summed E-state index contributed by atoms with van der Waals surface area (Å²) < 4.78 is 1.98. The lowest BCUT2D eigenvalue weighted by molar-refractivity contribution is -0.132. The molecule has 0 aliphatic carbocycles. The molecule has 1 aliphatic rings. The zero-order valence-electron chi connectivity index (χ0n) is 14.8. The Morgan fingerprint density at radius 3 is 2.79 bits per heavy atom. The van der Waals surface area contributed by atoms with Crippen LogP contribution in [0.1, 0.15) is 61.0 Å². The minimum absolute atomic E-state index is 0.162. The lowest BCUT2D eigenvalue weighted by Crippen LogP contribution is -2.42. The molecule has 0 spiro atoms. The summed E-state index contributed by atoms with van der Waals surface area (Å²) in [5, 5.41) is 7.60. The van der Waals surface area contributed by atoms with E-state index in [4.69, 9.17) is 0 Å². The summed E-state index contributed by atoms with van der Waals surface area (Å²) in [5.74, 6) is 2.29. The van der Waals surface area contributed by atoms with Gasteiger partial charge >= 0.3 is 0 Å². The third-order valence-electron chi connectivity index (χ3n) is 4.40. The van der Waals surface area contributed by atoms with Crippen LogP contribution in [-0.4, -0.2) is 43.6 Å². The lowest BCUT2D eigenvalue weighted by atomic mass is 10.1. The van der Waals surface area contributed by atoms with E-state index >= 15 is 0 Å². The van der Waals surface area contributed by atoms with E-state index in [1.165, 1.54) is 0 Å². The Kier molecular flexibility index (Phi) is 4.99. The quantitative estimate of drug-likeness (QED) is 0.853. The maximum atomic E-state index is 12.7. The van der Waals surface area contributed by atoms with E-state index in [0.29, 0.717) is 18.9 Å². The van der Waals surface area contributed by atoms with Gasteiger partial charge in [0.2, 0.25) is 5.91 Å². The Hall–Kier alpha value is -1.76. The van der Waals surface area contributed by atoms with Gasteiger partial charge in [-0.2, -0.15) is 5.10 Å². The summed E-state index contributed by atoms with van der Waals surface area (Å²) in [4.78, 5) is 23.6. The molecule has 3 rings (SSSR count). The monoisotopic (exact) mass is 347 g/mol. The zero-order valence-corrected chi connectivity index (χ0v) is 15.6. The molecule has 130 valence electrons. The van der Waals surface area contributed by atoms with Crippen molar-refractivity contribution < 1.29 is 4.79 Å². The first-order chi connectivity index (χ1) is 11.4. The van der Waals surface area contributed by atoms with E-state index in [0.717, 1.165) is 41.7 Å². The van der Waals surface area contributed by atoms with Gasteiger partial charge in [0, 0.05) is 24.4 Å². The minimum atomic E-state index is 0.162. The van der Waals surface area contributed by atoms with Crippen molar-refractivity contribution in [1.29, 1.82) is 0 Å². The van der Waals surface area contributed by atoms with Gasteiger partial charge in [0.15, 0.2) is 0 Å². The Labute approximate surface area is 146 Å². The van der Waals surface area contributed by atoms with Gasteiger partial charge in [-0.1, -0.05) is 13.8 Å². The maximum absolute atomic E-state index is 12.7. The number of piperidine rings is 1. The Bertz CT molecular complexity index is 720. The van der Waals surface area contributed by atoms with Gasteiger partial charge in [-0.15, -0.1) is 11.3 Å². The van der Waals surface area contributed by atoms with E-state index in [1.807, 2.05) is 28.8 Å². The number of hydrogen-bond acceptors (Lipinski definition) is 5. The van der Waals surface area contributed by atoms with E-state index in [-0.39, 0.29) is 11.9 Å². The third-order valence-corrected chi connectivity index (χ3v) is 5.59. The Morgan fingerprint density at radius 2 is 2.17 bits per heavy atom. The molecule has 0 saturated carbocycles. The Balaban J connectivity index is 1.65. The summed E-state index contributed by atoms with van der Waals surface area (Å²) in [7, 11) is 0. The molecule has 7 heteroatoms. The predicted octanol–water partition coefficient (Wildman–Crippen LogP) is 2.88. The van der Waals surface area contributed by atoms with E-state index in [1.54, 1.807) is 11.3 Å². The van der Waals surface area contributed by atoms with Crippen molar-refractivity contribution in [3.05, 3.63) is 27.7 Å². The van der Waals surface area contributed by atoms with Crippen LogP contribution in [-0.2, 0) is 11.2 Å². The number of hydrogen-bond donors (Lipinski definition) is 0. The fraction of sp³-hybridized carbons (Fsp3) is 0.647. The molecule has 2 aromatic rings. The first kappa shape index (κ1) is 17.1. The van der Waals surface area contributed by atoms with Crippen LogP contribution in [0.15, 0.2) is 5.38 Å². The maximum Gasteiger partial charge on any atom is 0.228 e. The van der Waals surface area contributed by atoms with E-state index in [2.05, 4.69) is 28.9 Å². The average molecular weight is 347 g/mol. The van der Waals surface area contributed by atoms with Gasteiger partial charge in [-0.05, 0) is 26.7 Å². The first-order valence-electron chi connectivity index (χ1n) is 8.56. The van der Waals surface area contributed by atoms with Crippen molar-refractivity contribution in [2.24, 2.45) is 0 Å². The van der Waals surface area contributed by atoms with Crippen molar-refractivity contribution in [2.75, 3.05) is 13.1 Å². The molecule has 24 heavy (non-hydrogen) atoms. The highest BCUT2D eigenvalue weighted by Crippen LogP contribution is 2.24. The third kappa shape index (κ3) is 3.66. The van der Waals surface area contributed by atoms with Crippen molar-refractivity contribution in [1.82, 2.24) is 24.6 Å². The van der Waals surface area contributed by atoms with Crippen LogP contribution in [0, 0.1) is 13.8 Å². The van der Waals surface area contributed by atoms with E-state index < -0.39 is 0 Å². The smallest absolute Gasteiger partial charge is 0.228 e. The number of carbonyl (C=O) groups excluding carboxylic acids is 1. The topological polar surface area (TPSA) is 63.9 Å².